The normalized spacial score (nSPS) is 14.8. The minimum absolute atomic E-state index is 0.0589. The molecule has 0 atom stereocenters. The molecular formula is C18H19N5O2. The third-order valence-corrected chi connectivity index (χ3v) is 4.50. The van der Waals surface area contributed by atoms with E-state index in [2.05, 4.69) is 19.9 Å². The summed E-state index contributed by atoms with van der Waals surface area (Å²) in [7, 11) is 1.59. The van der Waals surface area contributed by atoms with Crippen LogP contribution < -0.4 is 9.64 Å². The summed E-state index contributed by atoms with van der Waals surface area (Å²) in [6, 6.07) is 9.58. The third-order valence-electron chi connectivity index (χ3n) is 4.50. The molecule has 3 aromatic rings. The van der Waals surface area contributed by atoms with E-state index < -0.39 is 0 Å². The van der Waals surface area contributed by atoms with Gasteiger partial charge < -0.3 is 19.5 Å². The van der Waals surface area contributed by atoms with Gasteiger partial charge in [0, 0.05) is 55.5 Å². The molecule has 0 radical (unpaired) electrons. The van der Waals surface area contributed by atoms with E-state index in [4.69, 9.17) is 4.74 Å². The zero-order valence-corrected chi connectivity index (χ0v) is 14.0. The third kappa shape index (κ3) is 2.88. The van der Waals surface area contributed by atoms with Gasteiger partial charge in [0.15, 0.2) is 0 Å². The highest BCUT2D eigenvalue weighted by Gasteiger charge is 2.25. The molecule has 7 heteroatoms. The predicted octanol–water partition coefficient (Wildman–Crippen LogP) is 1.93. The van der Waals surface area contributed by atoms with Crippen molar-refractivity contribution in [1.82, 2.24) is 19.9 Å². The van der Waals surface area contributed by atoms with Crippen LogP contribution in [-0.2, 0) is 0 Å². The summed E-state index contributed by atoms with van der Waals surface area (Å²) in [5.41, 5.74) is 1.70. The number of carbonyl (C=O) groups excluding carboxylic acids is 1. The second-order valence-electron chi connectivity index (χ2n) is 5.93. The quantitative estimate of drug-likeness (QED) is 0.790. The van der Waals surface area contributed by atoms with Gasteiger partial charge in [-0.05, 0) is 6.07 Å². The SMILES string of the molecule is COc1ccnc(N2CCN(C(=O)c3c[nH]c4ccccc34)CC2)n1. The van der Waals surface area contributed by atoms with Gasteiger partial charge in [0.2, 0.25) is 11.8 Å². The lowest BCUT2D eigenvalue weighted by Gasteiger charge is -2.34. The summed E-state index contributed by atoms with van der Waals surface area (Å²) in [4.78, 5) is 28.6. The lowest BCUT2D eigenvalue weighted by molar-refractivity contribution is 0.0748. The van der Waals surface area contributed by atoms with Crippen molar-refractivity contribution in [2.24, 2.45) is 0 Å². The number of hydrogen-bond donors (Lipinski definition) is 1. The van der Waals surface area contributed by atoms with Crippen LogP contribution in [0.4, 0.5) is 5.95 Å². The molecule has 4 rings (SSSR count). The van der Waals surface area contributed by atoms with E-state index in [0.717, 1.165) is 16.5 Å². The smallest absolute Gasteiger partial charge is 0.256 e. The molecule has 0 spiro atoms. The molecule has 1 aliphatic heterocycles. The first-order chi connectivity index (χ1) is 12.3. The fourth-order valence-corrected chi connectivity index (χ4v) is 3.13. The highest BCUT2D eigenvalue weighted by molar-refractivity contribution is 6.06. The molecule has 0 unspecified atom stereocenters. The number of methoxy groups -OCH3 is 1. The van der Waals surface area contributed by atoms with Gasteiger partial charge in [0.05, 0.1) is 12.7 Å². The number of H-pyrrole nitrogens is 1. The molecule has 1 saturated heterocycles. The Hall–Kier alpha value is -3.09. The molecule has 0 saturated carbocycles. The number of aromatic nitrogens is 3. The summed E-state index contributed by atoms with van der Waals surface area (Å²) in [6.07, 6.45) is 3.48. The summed E-state index contributed by atoms with van der Waals surface area (Å²) in [6.45, 7) is 2.67. The molecule has 128 valence electrons. The fourth-order valence-electron chi connectivity index (χ4n) is 3.13. The maximum atomic E-state index is 12.9. The van der Waals surface area contributed by atoms with Gasteiger partial charge in [-0.15, -0.1) is 0 Å². The van der Waals surface area contributed by atoms with Crippen molar-refractivity contribution in [2.75, 3.05) is 38.2 Å². The average Bonchev–Trinajstić information content (AvgIpc) is 3.12. The number of ether oxygens (including phenoxy) is 1. The molecule has 25 heavy (non-hydrogen) atoms. The first kappa shape index (κ1) is 15.4. The number of piperazine rings is 1. The second kappa shape index (κ2) is 6.43. The Morgan fingerprint density at radius 2 is 1.96 bits per heavy atom. The minimum atomic E-state index is 0.0589. The number of carbonyl (C=O) groups is 1. The van der Waals surface area contributed by atoms with Gasteiger partial charge >= 0.3 is 0 Å². The summed E-state index contributed by atoms with van der Waals surface area (Å²) in [5, 5.41) is 0.964. The van der Waals surface area contributed by atoms with Crippen molar-refractivity contribution in [2.45, 2.75) is 0 Å². The average molecular weight is 337 g/mol. The van der Waals surface area contributed by atoms with E-state index in [1.165, 1.54) is 0 Å². The Morgan fingerprint density at radius 3 is 2.76 bits per heavy atom. The first-order valence-electron chi connectivity index (χ1n) is 8.23. The summed E-state index contributed by atoms with van der Waals surface area (Å²) < 4.78 is 5.15. The monoisotopic (exact) mass is 337 g/mol. The number of aromatic amines is 1. The van der Waals surface area contributed by atoms with Crippen LogP contribution in [0.1, 0.15) is 10.4 Å². The number of amides is 1. The van der Waals surface area contributed by atoms with E-state index in [-0.39, 0.29) is 5.91 Å². The van der Waals surface area contributed by atoms with E-state index >= 15 is 0 Å². The van der Waals surface area contributed by atoms with Gasteiger partial charge in [-0.25, -0.2) is 4.98 Å². The van der Waals surface area contributed by atoms with Gasteiger partial charge in [0.1, 0.15) is 0 Å². The van der Waals surface area contributed by atoms with Crippen molar-refractivity contribution in [3.8, 4) is 5.88 Å². The number of para-hydroxylation sites is 1. The number of hydrogen-bond acceptors (Lipinski definition) is 5. The Labute approximate surface area is 145 Å². The number of anilines is 1. The maximum Gasteiger partial charge on any atom is 0.256 e. The summed E-state index contributed by atoms with van der Waals surface area (Å²) >= 11 is 0. The zero-order valence-electron chi connectivity index (χ0n) is 14.0. The van der Waals surface area contributed by atoms with Crippen LogP contribution >= 0.6 is 0 Å². The largest absolute Gasteiger partial charge is 0.481 e. The zero-order chi connectivity index (χ0) is 17.2. The van der Waals surface area contributed by atoms with Crippen LogP contribution in [0.5, 0.6) is 5.88 Å². The van der Waals surface area contributed by atoms with Crippen molar-refractivity contribution < 1.29 is 9.53 Å². The summed E-state index contributed by atoms with van der Waals surface area (Å²) in [5.74, 6) is 1.24. The van der Waals surface area contributed by atoms with Gasteiger partial charge in [0.25, 0.3) is 5.91 Å². The molecule has 0 aliphatic carbocycles. The Kier molecular flexibility index (Phi) is 3.97. The van der Waals surface area contributed by atoms with Gasteiger partial charge in [-0.1, -0.05) is 18.2 Å². The number of benzene rings is 1. The van der Waals surface area contributed by atoms with Crippen LogP contribution in [0.15, 0.2) is 42.7 Å². The molecule has 1 aliphatic rings. The van der Waals surface area contributed by atoms with Crippen LogP contribution in [0.25, 0.3) is 10.9 Å². The molecule has 7 nitrogen and oxygen atoms in total. The Bertz CT molecular complexity index is 899. The number of nitrogens with zero attached hydrogens (tertiary/aromatic N) is 4. The molecule has 1 aromatic carbocycles. The van der Waals surface area contributed by atoms with Crippen molar-refractivity contribution in [3.63, 3.8) is 0 Å². The van der Waals surface area contributed by atoms with E-state index in [9.17, 15) is 4.79 Å². The number of fused-ring (bicyclic) bond motifs is 1. The number of rotatable bonds is 3. The number of nitrogens with one attached hydrogen (secondary N) is 1. The standard InChI is InChI=1S/C18H19N5O2/c1-25-16-6-7-19-18(21-16)23-10-8-22(9-11-23)17(24)14-12-20-15-5-3-2-4-13(14)15/h2-7,12,20H,8-11H2,1H3. The highest BCUT2D eigenvalue weighted by atomic mass is 16.5. The van der Waals surface area contributed by atoms with Crippen molar-refractivity contribution in [3.05, 3.63) is 48.3 Å². The van der Waals surface area contributed by atoms with Crippen LogP contribution in [-0.4, -0.2) is 59.0 Å². The maximum absolute atomic E-state index is 12.9. The Balaban J connectivity index is 1.47. The first-order valence-corrected chi connectivity index (χ1v) is 8.23. The minimum Gasteiger partial charge on any atom is -0.481 e. The highest BCUT2D eigenvalue weighted by Crippen LogP contribution is 2.21. The second-order valence-corrected chi connectivity index (χ2v) is 5.93. The fraction of sp³-hybridized carbons (Fsp3) is 0.278. The molecule has 1 N–H and O–H groups in total. The topological polar surface area (TPSA) is 74.3 Å². The molecule has 2 aromatic heterocycles. The van der Waals surface area contributed by atoms with E-state index in [1.54, 1.807) is 25.6 Å². The molecule has 3 heterocycles. The lowest BCUT2D eigenvalue weighted by Crippen LogP contribution is -2.49. The van der Waals surface area contributed by atoms with Crippen LogP contribution in [0.2, 0.25) is 0 Å². The van der Waals surface area contributed by atoms with Crippen LogP contribution in [0, 0.1) is 0 Å². The molecule has 1 amide bonds. The lowest BCUT2D eigenvalue weighted by atomic mass is 10.1. The van der Waals surface area contributed by atoms with Crippen LogP contribution in [0.3, 0.4) is 0 Å². The Morgan fingerprint density at radius 1 is 1.16 bits per heavy atom. The predicted molar refractivity (Wildman–Crippen MR) is 95.0 cm³/mol. The van der Waals surface area contributed by atoms with E-state index in [1.807, 2.05) is 29.2 Å². The van der Waals surface area contributed by atoms with Crippen molar-refractivity contribution in [1.29, 1.82) is 0 Å². The molecule has 0 bridgehead atoms. The molecule has 1 fully saturated rings. The van der Waals surface area contributed by atoms with Gasteiger partial charge in [-0.3, -0.25) is 4.79 Å². The van der Waals surface area contributed by atoms with Gasteiger partial charge in [-0.2, -0.15) is 4.98 Å². The van der Waals surface area contributed by atoms with Crippen molar-refractivity contribution >= 4 is 22.8 Å². The van der Waals surface area contributed by atoms with E-state index in [0.29, 0.717) is 38.0 Å². The molecular weight excluding hydrogens is 318 g/mol.